The highest BCUT2D eigenvalue weighted by molar-refractivity contribution is 5.55. The Morgan fingerprint density at radius 3 is 2.10 bits per heavy atom. The number of carbonyl (C=O) groups excluding carboxylic acids is 1. The molecule has 4 unspecified atom stereocenters. The first kappa shape index (κ1) is 18.5. The molecule has 0 aromatic carbocycles. The lowest BCUT2D eigenvalue weighted by molar-refractivity contribution is -0.420. The molecular formula is C14H27NO6. The zero-order valence-electron chi connectivity index (χ0n) is 13.5. The van der Waals surface area contributed by atoms with Crippen molar-refractivity contribution in [3.05, 3.63) is 0 Å². The second-order valence-electron chi connectivity index (χ2n) is 6.74. The van der Waals surface area contributed by atoms with Crippen molar-refractivity contribution in [3.8, 4) is 0 Å². The Morgan fingerprint density at radius 1 is 1.24 bits per heavy atom. The summed E-state index contributed by atoms with van der Waals surface area (Å²) in [7, 11) is 0. The van der Waals surface area contributed by atoms with Gasteiger partial charge in [0.1, 0.15) is 29.2 Å². The molecule has 21 heavy (non-hydrogen) atoms. The van der Waals surface area contributed by atoms with Gasteiger partial charge < -0.3 is 35.3 Å². The first-order valence-electron chi connectivity index (χ1n) is 6.90. The van der Waals surface area contributed by atoms with Gasteiger partial charge in [-0.15, -0.1) is 0 Å². The molecule has 124 valence electrons. The zero-order chi connectivity index (χ0) is 16.9. The van der Waals surface area contributed by atoms with Crippen molar-refractivity contribution in [2.75, 3.05) is 6.61 Å². The third-order valence-electron chi connectivity index (χ3n) is 5.25. The average Bonchev–Trinajstić information content (AvgIpc) is 2.35. The van der Waals surface area contributed by atoms with Crippen LogP contribution in [-0.2, 0) is 14.3 Å². The van der Waals surface area contributed by atoms with Crippen LogP contribution in [-0.4, -0.2) is 62.4 Å². The first-order valence-corrected chi connectivity index (χ1v) is 6.90. The molecule has 0 aromatic rings. The summed E-state index contributed by atoms with van der Waals surface area (Å²) in [6, 6.07) is 0. The molecule has 1 fully saturated rings. The molecule has 1 saturated heterocycles. The summed E-state index contributed by atoms with van der Waals surface area (Å²) in [5, 5.41) is 31.2. The van der Waals surface area contributed by atoms with Gasteiger partial charge in [0, 0.05) is 0 Å². The lowest BCUT2D eigenvalue weighted by Gasteiger charge is -2.66. The summed E-state index contributed by atoms with van der Waals surface area (Å²) in [6.07, 6.45) is -0.293. The van der Waals surface area contributed by atoms with E-state index in [1.807, 2.05) is 0 Å². The van der Waals surface area contributed by atoms with Gasteiger partial charge in [0.05, 0.1) is 12.1 Å². The quantitative estimate of drug-likeness (QED) is 0.507. The van der Waals surface area contributed by atoms with Crippen LogP contribution >= 0.6 is 0 Å². The van der Waals surface area contributed by atoms with E-state index in [9.17, 15) is 20.1 Å². The van der Waals surface area contributed by atoms with Crippen LogP contribution in [0.15, 0.2) is 0 Å². The van der Waals surface area contributed by atoms with Crippen LogP contribution in [0.3, 0.4) is 0 Å². The number of carbonyl (C=O) groups is 1. The van der Waals surface area contributed by atoms with Crippen LogP contribution in [0.4, 0.5) is 0 Å². The average molecular weight is 305 g/mol. The molecule has 7 nitrogen and oxygen atoms in total. The molecule has 1 heterocycles. The summed E-state index contributed by atoms with van der Waals surface area (Å²) in [6.45, 7) is 8.09. The number of rotatable bonds is 4. The maximum absolute atomic E-state index is 11.0. The number of ether oxygens (including phenoxy) is 2. The van der Waals surface area contributed by atoms with Gasteiger partial charge in [-0.25, -0.2) is 0 Å². The van der Waals surface area contributed by atoms with E-state index in [-0.39, 0.29) is 0 Å². The number of hydrogen-bond donors (Lipinski definition) is 4. The normalized spacial score (nSPS) is 52.5. The Labute approximate surface area is 125 Å². The van der Waals surface area contributed by atoms with Crippen LogP contribution in [0.2, 0.25) is 0 Å². The van der Waals surface area contributed by atoms with Crippen molar-refractivity contribution in [3.63, 3.8) is 0 Å². The van der Waals surface area contributed by atoms with E-state index in [1.165, 1.54) is 41.5 Å². The highest BCUT2D eigenvalue weighted by Crippen LogP contribution is 2.53. The number of aliphatic hydroxyl groups is 3. The smallest absolute Gasteiger partial charge is 0.184 e. The lowest BCUT2D eigenvalue weighted by atomic mass is 9.59. The van der Waals surface area contributed by atoms with Crippen LogP contribution in [0.1, 0.15) is 41.5 Å². The van der Waals surface area contributed by atoms with Crippen molar-refractivity contribution in [1.29, 1.82) is 0 Å². The van der Waals surface area contributed by atoms with E-state index >= 15 is 0 Å². The topological polar surface area (TPSA) is 122 Å². The Morgan fingerprint density at radius 2 is 1.71 bits per heavy atom. The van der Waals surface area contributed by atoms with Gasteiger partial charge in [0.15, 0.2) is 5.79 Å². The third kappa shape index (κ3) is 2.23. The monoisotopic (exact) mass is 305 g/mol. The zero-order valence-corrected chi connectivity index (χ0v) is 13.5. The summed E-state index contributed by atoms with van der Waals surface area (Å²) in [5.41, 5.74) is -0.214. The molecule has 7 heteroatoms. The Hall–Kier alpha value is -0.570. The molecule has 0 aliphatic carbocycles. The van der Waals surface area contributed by atoms with E-state index in [0.29, 0.717) is 6.29 Å². The fourth-order valence-electron chi connectivity index (χ4n) is 2.92. The molecule has 1 rings (SSSR count). The standard InChI is InChI=1S/C14H27NO6/c1-9(7-16)20-13(5)11(3,15)14(6,19)21-10(2,8-17)12(13,4)18/h7,9,17-19H,8,15H2,1-6H3/t9?,10?,11?,12-,13?,14-/m0/s1. The third-order valence-corrected chi connectivity index (χ3v) is 5.25. The molecular weight excluding hydrogens is 278 g/mol. The van der Waals surface area contributed by atoms with E-state index < -0.39 is 40.8 Å². The van der Waals surface area contributed by atoms with Crippen LogP contribution in [0.25, 0.3) is 0 Å². The number of aldehydes is 1. The van der Waals surface area contributed by atoms with Gasteiger partial charge in [-0.1, -0.05) is 0 Å². The minimum atomic E-state index is -1.90. The maximum atomic E-state index is 11.0. The molecule has 6 atom stereocenters. The SMILES string of the molecule is CC(C=O)OC1(C)C(C)(N)[C@@](C)(O)OC(C)(CO)[C@]1(C)O. The minimum Gasteiger partial charge on any atom is -0.393 e. The number of nitrogens with two attached hydrogens (primary N) is 1. The van der Waals surface area contributed by atoms with E-state index in [2.05, 4.69) is 0 Å². The highest BCUT2D eigenvalue weighted by Gasteiger charge is 2.74. The maximum Gasteiger partial charge on any atom is 0.184 e. The molecule has 1 aliphatic heterocycles. The number of aliphatic hydroxyl groups excluding tert-OH is 1. The summed E-state index contributed by atoms with van der Waals surface area (Å²) < 4.78 is 11.2. The minimum absolute atomic E-state index is 0.567. The van der Waals surface area contributed by atoms with E-state index in [0.717, 1.165) is 0 Å². The molecule has 0 radical (unpaired) electrons. The van der Waals surface area contributed by atoms with Gasteiger partial charge in [-0.2, -0.15) is 0 Å². The Bertz CT molecular complexity index is 422. The second-order valence-corrected chi connectivity index (χ2v) is 6.74. The summed E-state index contributed by atoms with van der Waals surface area (Å²) in [5.74, 6) is -1.90. The van der Waals surface area contributed by atoms with E-state index in [1.54, 1.807) is 0 Å². The molecule has 0 saturated carbocycles. The van der Waals surface area contributed by atoms with Gasteiger partial charge in [0.2, 0.25) is 0 Å². The predicted octanol–water partition coefficient (Wildman–Crippen LogP) is -0.693. The van der Waals surface area contributed by atoms with Crippen LogP contribution in [0, 0.1) is 0 Å². The second kappa shape index (κ2) is 4.97. The van der Waals surface area contributed by atoms with Crippen LogP contribution in [0.5, 0.6) is 0 Å². The molecule has 0 spiro atoms. The van der Waals surface area contributed by atoms with Crippen molar-refractivity contribution in [2.45, 2.75) is 75.8 Å². The molecule has 0 amide bonds. The lowest BCUT2D eigenvalue weighted by Crippen LogP contribution is -2.87. The molecule has 0 bridgehead atoms. The Balaban J connectivity index is 3.54. The van der Waals surface area contributed by atoms with Gasteiger partial charge in [-0.05, 0) is 41.5 Å². The first-order chi connectivity index (χ1) is 9.22. The van der Waals surface area contributed by atoms with Gasteiger partial charge >= 0.3 is 0 Å². The van der Waals surface area contributed by atoms with Crippen molar-refractivity contribution >= 4 is 6.29 Å². The fourth-order valence-corrected chi connectivity index (χ4v) is 2.92. The van der Waals surface area contributed by atoms with Gasteiger partial charge in [0.25, 0.3) is 0 Å². The Kier molecular flexibility index (Phi) is 4.38. The molecule has 1 aliphatic rings. The fraction of sp³-hybridized carbons (Fsp3) is 0.929. The number of hydrogen-bond acceptors (Lipinski definition) is 7. The predicted molar refractivity (Wildman–Crippen MR) is 75.4 cm³/mol. The molecule has 5 N–H and O–H groups in total. The van der Waals surface area contributed by atoms with Crippen molar-refractivity contribution in [2.24, 2.45) is 5.73 Å². The largest absolute Gasteiger partial charge is 0.393 e. The van der Waals surface area contributed by atoms with E-state index in [4.69, 9.17) is 15.2 Å². The highest BCUT2D eigenvalue weighted by atomic mass is 16.7. The van der Waals surface area contributed by atoms with Crippen LogP contribution < -0.4 is 5.73 Å². The summed E-state index contributed by atoms with van der Waals surface area (Å²) in [4.78, 5) is 10.9. The van der Waals surface area contributed by atoms with Gasteiger partial charge in [-0.3, -0.25) is 0 Å². The van der Waals surface area contributed by atoms with Crippen molar-refractivity contribution < 1.29 is 29.6 Å². The van der Waals surface area contributed by atoms with Crippen molar-refractivity contribution in [1.82, 2.24) is 0 Å². The molecule has 0 aromatic heterocycles. The summed E-state index contributed by atoms with van der Waals surface area (Å²) >= 11 is 0.